The normalized spacial score (nSPS) is 14.9. The van der Waals surface area contributed by atoms with Crippen molar-refractivity contribution in [2.45, 2.75) is 25.2 Å². The Morgan fingerprint density at radius 1 is 1.50 bits per heavy atom. The molecule has 88 valence electrons. The SMILES string of the molecule is CNc1cc(OCCCO)nc(C2CC2)n1. The van der Waals surface area contributed by atoms with Crippen LogP contribution >= 0.6 is 0 Å². The molecule has 16 heavy (non-hydrogen) atoms. The molecule has 0 spiro atoms. The molecule has 0 bridgehead atoms. The van der Waals surface area contributed by atoms with Gasteiger partial charge in [0, 0.05) is 32.1 Å². The highest BCUT2D eigenvalue weighted by molar-refractivity contribution is 5.38. The first-order chi connectivity index (χ1) is 7.83. The number of ether oxygens (including phenoxy) is 1. The molecular formula is C11H17N3O2. The minimum atomic E-state index is 0.138. The van der Waals surface area contributed by atoms with Crippen molar-refractivity contribution in [3.63, 3.8) is 0 Å². The van der Waals surface area contributed by atoms with Crippen LogP contribution in [0.4, 0.5) is 5.82 Å². The molecule has 0 saturated heterocycles. The summed E-state index contributed by atoms with van der Waals surface area (Å²) in [6.07, 6.45) is 2.96. The number of nitrogens with one attached hydrogen (secondary N) is 1. The van der Waals surface area contributed by atoms with E-state index < -0.39 is 0 Å². The van der Waals surface area contributed by atoms with Gasteiger partial charge in [-0.1, -0.05) is 0 Å². The van der Waals surface area contributed by atoms with Gasteiger partial charge in [-0.05, 0) is 12.8 Å². The molecule has 0 atom stereocenters. The lowest BCUT2D eigenvalue weighted by atomic mass is 10.4. The van der Waals surface area contributed by atoms with Crippen molar-refractivity contribution in [2.75, 3.05) is 25.6 Å². The van der Waals surface area contributed by atoms with Gasteiger partial charge in [0.15, 0.2) is 0 Å². The first-order valence-electron chi connectivity index (χ1n) is 5.64. The lowest BCUT2D eigenvalue weighted by Crippen LogP contribution is -2.05. The molecule has 1 aromatic rings. The molecule has 1 aliphatic carbocycles. The lowest BCUT2D eigenvalue weighted by Gasteiger charge is -2.08. The number of hydrogen-bond acceptors (Lipinski definition) is 5. The maximum absolute atomic E-state index is 8.67. The Labute approximate surface area is 94.9 Å². The van der Waals surface area contributed by atoms with Crippen molar-refractivity contribution in [1.29, 1.82) is 0 Å². The monoisotopic (exact) mass is 223 g/mol. The van der Waals surface area contributed by atoms with Crippen molar-refractivity contribution >= 4 is 5.82 Å². The van der Waals surface area contributed by atoms with Gasteiger partial charge in [-0.25, -0.2) is 4.98 Å². The van der Waals surface area contributed by atoms with Gasteiger partial charge in [0.05, 0.1) is 6.61 Å². The first kappa shape index (κ1) is 11.1. The van der Waals surface area contributed by atoms with Gasteiger partial charge in [0.25, 0.3) is 0 Å². The number of nitrogens with zero attached hydrogens (tertiary/aromatic N) is 2. The van der Waals surface area contributed by atoms with Gasteiger partial charge >= 0.3 is 0 Å². The fourth-order valence-electron chi connectivity index (χ4n) is 1.41. The van der Waals surface area contributed by atoms with E-state index in [0.29, 0.717) is 24.8 Å². The largest absolute Gasteiger partial charge is 0.477 e. The summed E-state index contributed by atoms with van der Waals surface area (Å²) < 4.78 is 5.46. The van der Waals surface area contributed by atoms with E-state index >= 15 is 0 Å². The summed E-state index contributed by atoms with van der Waals surface area (Å²) in [6, 6.07) is 1.78. The summed E-state index contributed by atoms with van der Waals surface area (Å²) in [6.45, 7) is 0.625. The van der Waals surface area contributed by atoms with E-state index in [4.69, 9.17) is 9.84 Å². The molecule has 0 aromatic carbocycles. The number of aromatic nitrogens is 2. The average molecular weight is 223 g/mol. The van der Waals surface area contributed by atoms with Crippen molar-refractivity contribution in [3.05, 3.63) is 11.9 Å². The summed E-state index contributed by atoms with van der Waals surface area (Å²) in [5, 5.41) is 11.7. The van der Waals surface area contributed by atoms with Crippen molar-refractivity contribution in [2.24, 2.45) is 0 Å². The Bertz CT molecular complexity index is 353. The van der Waals surface area contributed by atoms with Gasteiger partial charge in [-0.2, -0.15) is 4.98 Å². The molecule has 1 fully saturated rings. The Morgan fingerprint density at radius 2 is 2.31 bits per heavy atom. The van der Waals surface area contributed by atoms with Gasteiger partial charge in [-0.15, -0.1) is 0 Å². The molecule has 1 heterocycles. The second kappa shape index (κ2) is 5.12. The van der Waals surface area contributed by atoms with Crippen LogP contribution in [0.2, 0.25) is 0 Å². The predicted molar refractivity (Wildman–Crippen MR) is 60.8 cm³/mol. The third-order valence-corrected chi connectivity index (χ3v) is 2.47. The summed E-state index contributed by atoms with van der Waals surface area (Å²) in [5.41, 5.74) is 0. The zero-order valence-corrected chi connectivity index (χ0v) is 9.44. The third kappa shape index (κ3) is 2.82. The van der Waals surface area contributed by atoms with E-state index in [9.17, 15) is 0 Å². The van der Waals surface area contributed by atoms with Gasteiger partial charge in [0.1, 0.15) is 11.6 Å². The minimum absolute atomic E-state index is 0.138. The number of aliphatic hydroxyl groups is 1. The highest BCUT2D eigenvalue weighted by atomic mass is 16.5. The zero-order valence-electron chi connectivity index (χ0n) is 9.44. The van der Waals surface area contributed by atoms with Crippen molar-refractivity contribution < 1.29 is 9.84 Å². The topological polar surface area (TPSA) is 67.3 Å². The highest BCUT2D eigenvalue weighted by Crippen LogP contribution is 2.39. The van der Waals surface area contributed by atoms with Gasteiger partial charge < -0.3 is 15.2 Å². The van der Waals surface area contributed by atoms with E-state index in [1.807, 2.05) is 7.05 Å². The molecule has 5 heteroatoms. The predicted octanol–water partition coefficient (Wildman–Crippen LogP) is 1.16. The first-order valence-corrected chi connectivity index (χ1v) is 5.64. The zero-order chi connectivity index (χ0) is 11.4. The van der Waals surface area contributed by atoms with E-state index in [-0.39, 0.29) is 6.61 Å². The van der Waals surface area contributed by atoms with Crippen LogP contribution < -0.4 is 10.1 Å². The van der Waals surface area contributed by atoms with Crippen molar-refractivity contribution in [3.8, 4) is 5.88 Å². The number of anilines is 1. The second-order valence-electron chi connectivity index (χ2n) is 3.90. The van der Waals surface area contributed by atoms with E-state index in [1.165, 1.54) is 12.8 Å². The molecule has 0 unspecified atom stereocenters. The molecule has 2 N–H and O–H groups in total. The standard InChI is InChI=1S/C11H17N3O2/c1-12-9-7-10(16-6-2-5-15)14-11(13-9)8-3-4-8/h7-8,15H,2-6H2,1H3,(H,12,13,14). The number of aliphatic hydroxyl groups excluding tert-OH is 1. The maximum Gasteiger partial charge on any atom is 0.218 e. The van der Waals surface area contributed by atoms with Crippen LogP contribution in [0.3, 0.4) is 0 Å². The quantitative estimate of drug-likeness (QED) is 0.708. The molecular weight excluding hydrogens is 206 g/mol. The van der Waals surface area contributed by atoms with Gasteiger partial charge in [-0.3, -0.25) is 0 Å². The van der Waals surface area contributed by atoms with Crippen LogP contribution in [0.1, 0.15) is 31.0 Å². The molecule has 0 aliphatic heterocycles. The van der Waals surface area contributed by atoms with Crippen LogP contribution in [-0.4, -0.2) is 35.3 Å². The summed E-state index contributed by atoms with van der Waals surface area (Å²) in [4.78, 5) is 8.75. The maximum atomic E-state index is 8.67. The van der Waals surface area contributed by atoms with Crippen molar-refractivity contribution in [1.82, 2.24) is 9.97 Å². The number of hydrogen-bond donors (Lipinski definition) is 2. The van der Waals surface area contributed by atoms with E-state index in [0.717, 1.165) is 11.6 Å². The molecule has 0 amide bonds. The van der Waals surface area contributed by atoms with Crippen LogP contribution in [0.5, 0.6) is 5.88 Å². The Balaban J connectivity index is 2.06. The second-order valence-corrected chi connectivity index (χ2v) is 3.90. The molecule has 2 rings (SSSR count). The van der Waals surface area contributed by atoms with Crippen LogP contribution in [-0.2, 0) is 0 Å². The van der Waals surface area contributed by atoms with E-state index in [1.54, 1.807) is 6.07 Å². The summed E-state index contributed by atoms with van der Waals surface area (Å²) >= 11 is 0. The van der Waals surface area contributed by atoms with Crippen LogP contribution in [0, 0.1) is 0 Å². The number of rotatable bonds is 6. The fraction of sp³-hybridized carbons (Fsp3) is 0.636. The highest BCUT2D eigenvalue weighted by Gasteiger charge is 2.27. The molecule has 5 nitrogen and oxygen atoms in total. The fourth-order valence-corrected chi connectivity index (χ4v) is 1.41. The Morgan fingerprint density at radius 3 is 2.94 bits per heavy atom. The lowest BCUT2D eigenvalue weighted by molar-refractivity contribution is 0.229. The Hall–Kier alpha value is -1.36. The summed E-state index contributed by atoms with van der Waals surface area (Å²) in [5.74, 6) is 2.75. The van der Waals surface area contributed by atoms with Crippen LogP contribution in [0.25, 0.3) is 0 Å². The summed E-state index contributed by atoms with van der Waals surface area (Å²) in [7, 11) is 1.83. The Kier molecular flexibility index (Phi) is 3.56. The minimum Gasteiger partial charge on any atom is -0.477 e. The van der Waals surface area contributed by atoms with Crippen LogP contribution in [0.15, 0.2) is 6.07 Å². The van der Waals surface area contributed by atoms with Gasteiger partial charge in [0.2, 0.25) is 5.88 Å². The molecule has 1 saturated carbocycles. The third-order valence-electron chi connectivity index (χ3n) is 2.47. The van der Waals surface area contributed by atoms with E-state index in [2.05, 4.69) is 15.3 Å². The molecule has 1 aliphatic rings. The molecule has 0 radical (unpaired) electrons. The molecule has 1 aromatic heterocycles. The smallest absolute Gasteiger partial charge is 0.218 e. The average Bonchev–Trinajstić information content (AvgIpc) is 3.13.